The van der Waals surface area contributed by atoms with Crippen LogP contribution in [0.3, 0.4) is 0 Å². The van der Waals surface area contributed by atoms with Crippen molar-refractivity contribution in [2.75, 3.05) is 18.4 Å². The number of hydrogen-bond donors (Lipinski definition) is 3. The Labute approximate surface area is 134 Å². The van der Waals surface area contributed by atoms with Crippen molar-refractivity contribution in [1.29, 1.82) is 0 Å². The Hall–Kier alpha value is -1.07. The number of benzene rings is 1. The molecule has 0 spiro atoms. The Bertz CT molecular complexity index is 601. The summed E-state index contributed by atoms with van der Waals surface area (Å²) in [6.07, 6.45) is 1.68. The highest BCUT2D eigenvalue weighted by atomic mass is 35.5. The average Bonchev–Trinajstić information content (AvgIpc) is 2.83. The van der Waals surface area contributed by atoms with Gasteiger partial charge in [-0.1, -0.05) is 29.8 Å². The van der Waals surface area contributed by atoms with Crippen molar-refractivity contribution in [3.8, 4) is 0 Å². The van der Waals surface area contributed by atoms with Crippen molar-refractivity contribution in [3.05, 3.63) is 51.2 Å². The third-order valence-corrected chi connectivity index (χ3v) is 5.13. The molecule has 2 aromatic rings. The van der Waals surface area contributed by atoms with Gasteiger partial charge in [0.2, 0.25) is 0 Å². The molecule has 0 fully saturated rings. The minimum absolute atomic E-state index is 0.279. The summed E-state index contributed by atoms with van der Waals surface area (Å²) < 4.78 is 0.716. The fourth-order valence-electron chi connectivity index (χ4n) is 2.72. The normalized spacial score (nSPS) is 19.4. The maximum Gasteiger partial charge on any atom is 0.101 e. The van der Waals surface area contributed by atoms with Crippen molar-refractivity contribution in [1.82, 2.24) is 5.32 Å². The average molecular weight is 323 g/mol. The van der Waals surface area contributed by atoms with Gasteiger partial charge in [-0.2, -0.15) is 0 Å². The van der Waals surface area contributed by atoms with E-state index in [1.54, 1.807) is 0 Å². The molecule has 112 valence electrons. The molecule has 1 aromatic carbocycles. The summed E-state index contributed by atoms with van der Waals surface area (Å²) in [7, 11) is 0. The molecule has 1 aliphatic heterocycles. The summed E-state index contributed by atoms with van der Waals surface area (Å²) in [6.45, 7) is 1.54. The highest BCUT2D eigenvalue weighted by Crippen LogP contribution is 2.30. The first-order chi connectivity index (χ1) is 10.2. The van der Waals surface area contributed by atoms with E-state index in [1.165, 1.54) is 22.6 Å². The van der Waals surface area contributed by atoms with Crippen molar-refractivity contribution >= 4 is 28.6 Å². The number of aliphatic hydroxyl groups excluding tert-OH is 1. The number of halogens is 1. The molecule has 1 aliphatic rings. The number of thiophene rings is 1. The van der Waals surface area contributed by atoms with E-state index in [1.807, 2.05) is 12.1 Å². The monoisotopic (exact) mass is 322 g/mol. The second kappa shape index (κ2) is 6.79. The van der Waals surface area contributed by atoms with E-state index >= 15 is 0 Å². The molecular formula is C16H19ClN2OS. The standard InChI is InChI=1S/C16H19ClN2OS/c17-16-8-7-15(21-16)14(20)10-19-13-6-3-9-18-12-5-2-1-4-11(12)13/h1-2,4-5,7-8,13-14,18-20H,3,6,9-10H2/t13-,14+/m1/s1. The van der Waals surface area contributed by atoms with Crippen LogP contribution in [0.25, 0.3) is 0 Å². The number of fused-ring (bicyclic) bond motifs is 1. The van der Waals surface area contributed by atoms with Gasteiger partial charge in [0.15, 0.2) is 0 Å². The lowest BCUT2D eigenvalue weighted by molar-refractivity contribution is 0.172. The summed E-state index contributed by atoms with van der Waals surface area (Å²) in [4.78, 5) is 0.910. The summed E-state index contributed by atoms with van der Waals surface area (Å²) in [5, 5.41) is 17.2. The molecule has 2 heterocycles. The van der Waals surface area contributed by atoms with Gasteiger partial charge in [-0.3, -0.25) is 0 Å². The SMILES string of the molecule is O[C@@H](CN[C@@H]1CCCNc2ccccc21)c1ccc(Cl)s1. The maximum atomic E-state index is 10.3. The molecule has 3 N–H and O–H groups in total. The quantitative estimate of drug-likeness (QED) is 0.798. The van der Waals surface area contributed by atoms with Gasteiger partial charge in [0, 0.05) is 29.7 Å². The molecule has 3 rings (SSSR count). The van der Waals surface area contributed by atoms with Crippen molar-refractivity contribution in [3.63, 3.8) is 0 Å². The zero-order valence-electron chi connectivity index (χ0n) is 11.7. The lowest BCUT2D eigenvalue weighted by Gasteiger charge is -2.20. The van der Waals surface area contributed by atoms with Gasteiger partial charge in [0.25, 0.3) is 0 Å². The third-order valence-electron chi connectivity index (χ3n) is 3.80. The van der Waals surface area contributed by atoms with Crippen LogP contribution in [-0.4, -0.2) is 18.2 Å². The number of anilines is 1. The number of rotatable bonds is 4. The molecule has 1 aromatic heterocycles. The second-order valence-corrected chi connectivity index (χ2v) is 7.02. The Kier molecular flexibility index (Phi) is 4.80. The molecule has 0 bridgehead atoms. The van der Waals surface area contributed by atoms with Gasteiger partial charge in [0.1, 0.15) is 6.10 Å². The van der Waals surface area contributed by atoms with Crippen LogP contribution in [-0.2, 0) is 0 Å². The van der Waals surface area contributed by atoms with Gasteiger partial charge in [-0.05, 0) is 36.6 Å². The number of hydrogen-bond acceptors (Lipinski definition) is 4. The van der Waals surface area contributed by atoms with E-state index in [-0.39, 0.29) is 6.04 Å². The minimum atomic E-state index is -0.508. The first-order valence-electron chi connectivity index (χ1n) is 7.23. The van der Waals surface area contributed by atoms with E-state index < -0.39 is 6.10 Å². The molecule has 0 saturated carbocycles. The Morgan fingerprint density at radius 2 is 2.19 bits per heavy atom. The fraction of sp³-hybridized carbons (Fsp3) is 0.375. The highest BCUT2D eigenvalue weighted by Gasteiger charge is 2.19. The summed E-state index contributed by atoms with van der Waals surface area (Å²) in [5.74, 6) is 0. The Morgan fingerprint density at radius 3 is 3.00 bits per heavy atom. The van der Waals surface area contributed by atoms with E-state index in [4.69, 9.17) is 11.6 Å². The first kappa shape index (κ1) is 14.9. The summed E-state index contributed by atoms with van der Waals surface area (Å²) >= 11 is 7.36. The predicted octanol–water partition coefficient (Wildman–Crippen LogP) is 3.97. The van der Waals surface area contributed by atoms with Crippen LogP contribution in [0.15, 0.2) is 36.4 Å². The van der Waals surface area contributed by atoms with Crippen LogP contribution in [0.5, 0.6) is 0 Å². The van der Waals surface area contributed by atoms with Crippen molar-refractivity contribution in [2.24, 2.45) is 0 Å². The minimum Gasteiger partial charge on any atom is -0.386 e. The van der Waals surface area contributed by atoms with Crippen LogP contribution in [0.2, 0.25) is 4.34 Å². The molecule has 5 heteroatoms. The molecule has 0 saturated heterocycles. The zero-order valence-corrected chi connectivity index (χ0v) is 13.3. The van der Waals surface area contributed by atoms with E-state index in [0.717, 1.165) is 24.3 Å². The van der Waals surface area contributed by atoms with E-state index in [2.05, 4.69) is 34.9 Å². The molecule has 3 nitrogen and oxygen atoms in total. The topological polar surface area (TPSA) is 44.3 Å². The highest BCUT2D eigenvalue weighted by molar-refractivity contribution is 7.16. The van der Waals surface area contributed by atoms with Crippen LogP contribution >= 0.6 is 22.9 Å². The smallest absolute Gasteiger partial charge is 0.101 e. The summed E-state index contributed by atoms with van der Waals surface area (Å²) in [5.41, 5.74) is 2.48. The summed E-state index contributed by atoms with van der Waals surface area (Å²) in [6, 6.07) is 12.4. The van der Waals surface area contributed by atoms with Crippen LogP contribution in [0.4, 0.5) is 5.69 Å². The van der Waals surface area contributed by atoms with Gasteiger partial charge in [0.05, 0.1) is 4.34 Å². The molecule has 0 aliphatic carbocycles. The molecule has 21 heavy (non-hydrogen) atoms. The first-order valence-corrected chi connectivity index (χ1v) is 8.43. The largest absolute Gasteiger partial charge is 0.386 e. The predicted molar refractivity (Wildman–Crippen MR) is 89.2 cm³/mol. The second-order valence-electron chi connectivity index (χ2n) is 5.27. The lowest BCUT2D eigenvalue weighted by Crippen LogP contribution is -2.26. The molecule has 0 amide bonds. The molecule has 0 unspecified atom stereocenters. The third kappa shape index (κ3) is 3.58. The maximum absolute atomic E-state index is 10.3. The van der Waals surface area contributed by atoms with Crippen LogP contribution in [0.1, 0.15) is 35.4 Å². The van der Waals surface area contributed by atoms with Crippen molar-refractivity contribution in [2.45, 2.75) is 25.0 Å². The van der Waals surface area contributed by atoms with Crippen LogP contribution < -0.4 is 10.6 Å². The zero-order chi connectivity index (χ0) is 14.7. The lowest BCUT2D eigenvalue weighted by atomic mass is 10.0. The molecule has 2 atom stereocenters. The van der Waals surface area contributed by atoms with Crippen LogP contribution in [0, 0.1) is 0 Å². The number of para-hydroxylation sites is 1. The Morgan fingerprint density at radius 1 is 1.33 bits per heavy atom. The van der Waals surface area contributed by atoms with Crippen molar-refractivity contribution < 1.29 is 5.11 Å². The Balaban J connectivity index is 1.67. The number of aliphatic hydroxyl groups is 1. The van der Waals surface area contributed by atoms with Gasteiger partial charge in [-0.25, -0.2) is 0 Å². The molecule has 0 radical (unpaired) electrons. The molecular weight excluding hydrogens is 304 g/mol. The number of nitrogens with one attached hydrogen (secondary N) is 2. The fourth-order valence-corrected chi connectivity index (χ4v) is 3.77. The van der Waals surface area contributed by atoms with E-state index in [9.17, 15) is 5.11 Å². The van der Waals surface area contributed by atoms with Gasteiger partial charge in [-0.15, -0.1) is 11.3 Å². The van der Waals surface area contributed by atoms with Gasteiger partial charge >= 0.3 is 0 Å². The van der Waals surface area contributed by atoms with Gasteiger partial charge < -0.3 is 15.7 Å². The van der Waals surface area contributed by atoms with E-state index in [0.29, 0.717) is 10.9 Å².